The number of hydrogen-bond donors (Lipinski definition) is 2. The normalized spacial score (nSPS) is 15.9. The van der Waals surface area contributed by atoms with Gasteiger partial charge in [0, 0.05) is 33.4 Å². The minimum atomic E-state index is 0. The maximum absolute atomic E-state index is 5.84. The summed E-state index contributed by atoms with van der Waals surface area (Å²) in [6, 6.07) is 18.5. The summed E-state index contributed by atoms with van der Waals surface area (Å²) >= 11 is 0. The lowest BCUT2D eigenvalue weighted by molar-refractivity contribution is 0.0420. The number of ether oxygens (including phenoxy) is 3. The molecule has 0 bridgehead atoms. The van der Waals surface area contributed by atoms with E-state index in [1.54, 1.807) is 7.05 Å². The molecule has 1 saturated heterocycles. The summed E-state index contributed by atoms with van der Waals surface area (Å²) in [6.45, 7) is 4.54. The van der Waals surface area contributed by atoms with Crippen LogP contribution in [0.4, 0.5) is 0 Å². The minimum Gasteiger partial charge on any atom is -0.489 e. The second-order valence-electron chi connectivity index (χ2n) is 7.30. The van der Waals surface area contributed by atoms with E-state index < -0.39 is 0 Å². The van der Waals surface area contributed by atoms with Crippen molar-refractivity contribution in [1.29, 1.82) is 0 Å². The Hall–Kier alpha value is -1.84. The quantitative estimate of drug-likeness (QED) is 0.197. The molecular formula is C24H34IN3O3. The first-order chi connectivity index (χ1) is 14.8. The SMILES string of the molecule is CN=C(NCCCOC1CCOC1)NCCc1ccc(OCc2ccccc2)cc1.I. The molecule has 1 aliphatic rings. The number of aliphatic imine (C=N–C) groups is 1. The van der Waals surface area contributed by atoms with E-state index in [0.29, 0.717) is 6.61 Å². The molecule has 3 rings (SSSR count). The fourth-order valence-electron chi connectivity index (χ4n) is 3.21. The average molecular weight is 539 g/mol. The molecule has 31 heavy (non-hydrogen) atoms. The van der Waals surface area contributed by atoms with Crippen molar-refractivity contribution in [2.24, 2.45) is 4.99 Å². The summed E-state index contributed by atoms with van der Waals surface area (Å²) in [4.78, 5) is 4.28. The van der Waals surface area contributed by atoms with E-state index >= 15 is 0 Å². The molecule has 0 aliphatic carbocycles. The Morgan fingerprint density at radius 2 is 1.81 bits per heavy atom. The Balaban J connectivity index is 0.00000341. The van der Waals surface area contributed by atoms with Gasteiger partial charge < -0.3 is 24.8 Å². The van der Waals surface area contributed by atoms with Crippen LogP contribution in [0.1, 0.15) is 24.0 Å². The lowest BCUT2D eigenvalue weighted by Crippen LogP contribution is -2.39. The van der Waals surface area contributed by atoms with Gasteiger partial charge >= 0.3 is 0 Å². The van der Waals surface area contributed by atoms with Gasteiger partial charge in [0.1, 0.15) is 12.4 Å². The highest BCUT2D eigenvalue weighted by Gasteiger charge is 2.15. The van der Waals surface area contributed by atoms with Crippen LogP contribution in [0.15, 0.2) is 59.6 Å². The largest absolute Gasteiger partial charge is 0.489 e. The molecular weight excluding hydrogens is 505 g/mol. The monoisotopic (exact) mass is 539 g/mol. The summed E-state index contributed by atoms with van der Waals surface area (Å²) in [6.07, 6.45) is 3.15. The van der Waals surface area contributed by atoms with E-state index in [1.807, 2.05) is 30.3 Å². The fraction of sp³-hybridized carbons (Fsp3) is 0.458. The number of rotatable bonds is 11. The molecule has 1 aliphatic heterocycles. The summed E-state index contributed by atoms with van der Waals surface area (Å²) in [5, 5.41) is 6.69. The molecule has 0 aromatic heterocycles. The fourth-order valence-corrected chi connectivity index (χ4v) is 3.21. The van der Waals surface area contributed by atoms with Crippen molar-refractivity contribution < 1.29 is 14.2 Å². The van der Waals surface area contributed by atoms with Gasteiger partial charge in [0.05, 0.1) is 12.7 Å². The van der Waals surface area contributed by atoms with Crippen LogP contribution in [0.2, 0.25) is 0 Å². The Kier molecular flexibility index (Phi) is 12.3. The zero-order valence-electron chi connectivity index (χ0n) is 18.2. The molecule has 0 amide bonds. The van der Waals surface area contributed by atoms with E-state index in [1.165, 1.54) is 11.1 Å². The lowest BCUT2D eigenvalue weighted by atomic mass is 10.1. The van der Waals surface area contributed by atoms with Crippen LogP contribution < -0.4 is 15.4 Å². The van der Waals surface area contributed by atoms with Gasteiger partial charge in [-0.1, -0.05) is 42.5 Å². The van der Waals surface area contributed by atoms with Gasteiger partial charge in [0.15, 0.2) is 5.96 Å². The standard InChI is InChI=1S/C24H33N3O3.HI/c1-25-24(26-14-5-16-29-23-13-17-28-19-23)27-15-12-20-8-10-22(11-9-20)30-18-21-6-3-2-4-7-21;/h2-4,6-11,23H,5,12-19H2,1H3,(H2,25,26,27);1H. The van der Waals surface area contributed by atoms with Crippen LogP contribution in [0.5, 0.6) is 5.75 Å². The molecule has 2 aromatic rings. The number of guanidine groups is 1. The second-order valence-corrected chi connectivity index (χ2v) is 7.30. The molecule has 2 N–H and O–H groups in total. The zero-order chi connectivity index (χ0) is 20.9. The third-order valence-electron chi connectivity index (χ3n) is 4.96. The van der Waals surface area contributed by atoms with E-state index in [9.17, 15) is 0 Å². The van der Waals surface area contributed by atoms with Crippen molar-refractivity contribution in [2.45, 2.75) is 32.0 Å². The first-order valence-corrected chi connectivity index (χ1v) is 10.7. The predicted octanol–water partition coefficient (Wildman–Crippen LogP) is 3.79. The zero-order valence-corrected chi connectivity index (χ0v) is 20.5. The highest BCUT2D eigenvalue weighted by Crippen LogP contribution is 2.14. The van der Waals surface area contributed by atoms with E-state index in [0.717, 1.165) is 63.9 Å². The highest BCUT2D eigenvalue weighted by atomic mass is 127. The van der Waals surface area contributed by atoms with Gasteiger partial charge in [-0.05, 0) is 42.5 Å². The third-order valence-corrected chi connectivity index (χ3v) is 4.96. The molecule has 6 nitrogen and oxygen atoms in total. The Morgan fingerprint density at radius 1 is 1.03 bits per heavy atom. The summed E-state index contributed by atoms with van der Waals surface area (Å²) in [5.41, 5.74) is 2.43. The summed E-state index contributed by atoms with van der Waals surface area (Å²) in [5.74, 6) is 1.71. The van der Waals surface area contributed by atoms with Crippen molar-refractivity contribution >= 4 is 29.9 Å². The maximum atomic E-state index is 5.84. The molecule has 0 radical (unpaired) electrons. The molecule has 0 saturated carbocycles. The first-order valence-electron chi connectivity index (χ1n) is 10.7. The van der Waals surface area contributed by atoms with Gasteiger partial charge in [-0.15, -0.1) is 24.0 Å². The predicted molar refractivity (Wildman–Crippen MR) is 135 cm³/mol. The van der Waals surface area contributed by atoms with Crippen molar-refractivity contribution in [3.8, 4) is 5.75 Å². The van der Waals surface area contributed by atoms with Crippen molar-refractivity contribution in [2.75, 3.05) is 40.0 Å². The average Bonchev–Trinajstić information content (AvgIpc) is 3.31. The van der Waals surface area contributed by atoms with Crippen LogP contribution in [0.3, 0.4) is 0 Å². The second kappa shape index (κ2) is 15.0. The number of nitrogens with one attached hydrogen (secondary N) is 2. The third kappa shape index (κ3) is 9.88. The van der Waals surface area contributed by atoms with Crippen LogP contribution in [-0.2, 0) is 22.5 Å². The van der Waals surface area contributed by atoms with Crippen LogP contribution in [-0.4, -0.2) is 52.0 Å². The van der Waals surface area contributed by atoms with Gasteiger partial charge in [0.25, 0.3) is 0 Å². The number of halogens is 1. The van der Waals surface area contributed by atoms with E-state index in [-0.39, 0.29) is 30.1 Å². The van der Waals surface area contributed by atoms with Gasteiger partial charge in [0.2, 0.25) is 0 Å². The highest BCUT2D eigenvalue weighted by molar-refractivity contribution is 14.0. The number of benzene rings is 2. The van der Waals surface area contributed by atoms with Crippen LogP contribution >= 0.6 is 24.0 Å². The van der Waals surface area contributed by atoms with Crippen LogP contribution in [0, 0.1) is 0 Å². The summed E-state index contributed by atoms with van der Waals surface area (Å²) in [7, 11) is 1.79. The number of hydrogen-bond acceptors (Lipinski definition) is 4. The van der Waals surface area contributed by atoms with Gasteiger partial charge in [-0.2, -0.15) is 0 Å². The van der Waals surface area contributed by atoms with Gasteiger partial charge in [-0.3, -0.25) is 4.99 Å². The lowest BCUT2D eigenvalue weighted by Gasteiger charge is -2.13. The van der Waals surface area contributed by atoms with Gasteiger partial charge in [-0.25, -0.2) is 0 Å². The Bertz CT molecular complexity index is 750. The van der Waals surface area contributed by atoms with Crippen molar-refractivity contribution in [3.05, 3.63) is 65.7 Å². The van der Waals surface area contributed by atoms with Crippen molar-refractivity contribution in [3.63, 3.8) is 0 Å². The molecule has 170 valence electrons. The molecule has 1 atom stereocenters. The Labute approximate surface area is 202 Å². The van der Waals surface area contributed by atoms with E-state index in [2.05, 4.69) is 39.9 Å². The van der Waals surface area contributed by atoms with Crippen molar-refractivity contribution in [1.82, 2.24) is 10.6 Å². The molecule has 7 heteroatoms. The molecule has 1 fully saturated rings. The minimum absolute atomic E-state index is 0. The topological polar surface area (TPSA) is 64.1 Å². The van der Waals surface area contributed by atoms with E-state index in [4.69, 9.17) is 14.2 Å². The Morgan fingerprint density at radius 3 is 2.52 bits per heavy atom. The molecule has 1 unspecified atom stereocenters. The molecule has 0 spiro atoms. The maximum Gasteiger partial charge on any atom is 0.190 e. The molecule has 1 heterocycles. The van der Waals surface area contributed by atoms with Crippen LogP contribution in [0.25, 0.3) is 0 Å². The molecule has 2 aromatic carbocycles. The first kappa shape index (κ1) is 25.4. The number of nitrogens with zero attached hydrogens (tertiary/aromatic N) is 1. The smallest absolute Gasteiger partial charge is 0.190 e. The summed E-state index contributed by atoms with van der Waals surface area (Å²) < 4.78 is 16.9.